The predicted molar refractivity (Wildman–Crippen MR) is 94.4 cm³/mol. The van der Waals surface area contributed by atoms with E-state index in [0.717, 1.165) is 16.6 Å². The fourth-order valence-corrected chi connectivity index (χ4v) is 2.46. The summed E-state index contributed by atoms with van der Waals surface area (Å²) in [5.41, 5.74) is 12.2. The molecule has 25 heavy (non-hydrogen) atoms. The molecule has 0 saturated heterocycles. The van der Waals surface area contributed by atoms with Crippen molar-refractivity contribution in [1.82, 2.24) is 14.5 Å². The first-order valence-electron chi connectivity index (χ1n) is 7.46. The Bertz CT molecular complexity index is 964. The van der Waals surface area contributed by atoms with E-state index < -0.39 is 11.8 Å². The molecule has 9 heteroatoms. The van der Waals surface area contributed by atoms with Gasteiger partial charge in [-0.15, -0.1) is 0 Å². The van der Waals surface area contributed by atoms with Gasteiger partial charge in [0.15, 0.2) is 11.5 Å². The summed E-state index contributed by atoms with van der Waals surface area (Å²) in [6.45, 7) is -0.0989. The minimum Gasteiger partial charge on any atom is -0.368 e. The molecule has 1 aromatic carbocycles. The zero-order valence-corrected chi connectivity index (χ0v) is 13.5. The molecule has 3 aromatic rings. The Hall–Kier alpha value is -3.62. The van der Waals surface area contributed by atoms with Gasteiger partial charge < -0.3 is 26.7 Å². The SMILES string of the molecule is Cn1ccc2c(Nc3nc(NCC(N)=O)cnc3C(N)=O)cccc21. The number of anilines is 3. The van der Waals surface area contributed by atoms with Crippen molar-refractivity contribution in [3.63, 3.8) is 0 Å². The molecule has 0 atom stereocenters. The number of aromatic nitrogens is 3. The predicted octanol–water partition coefficient (Wildman–Crippen LogP) is 0.708. The van der Waals surface area contributed by atoms with E-state index in [-0.39, 0.29) is 18.1 Å². The van der Waals surface area contributed by atoms with Crippen molar-refractivity contribution in [3.05, 3.63) is 42.4 Å². The monoisotopic (exact) mass is 339 g/mol. The number of carbonyl (C=O) groups is 2. The van der Waals surface area contributed by atoms with Crippen molar-refractivity contribution in [1.29, 1.82) is 0 Å². The minimum absolute atomic E-state index is 0.00226. The minimum atomic E-state index is -0.711. The summed E-state index contributed by atoms with van der Waals surface area (Å²) in [7, 11) is 1.94. The van der Waals surface area contributed by atoms with Crippen LogP contribution in [0.4, 0.5) is 17.3 Å². The fourth-order valence-electron chi connectivity index (χ4n) is 2.46. The maximum absolute atomic E-state index is 11.6. The number of rotatable bonds is 6. The van der Waals surface area contributed by atoms with Crippen LogP contribution in [0.3, 0.4) is 0 Å². The summed E-state index contributed by atoms with van der Waals surface area (Å²) in [5, 5.41) is 6.78. The van der Waals surface area contributed by atoms with Crippen molar-refractivity contribution in [2.24, 2.45) is 18.5 Å². The van der Waals surface area contributed by atoms with Gasteiger partial charge in [-0.05, 0) is 18.2 Å². The van der Waals surface area contributed by atoms with E-state index >= 15 is 0 Å². The van der Waals surface area contributed by atoms with Gasteiger partial charge in [0.25, 0.3) is 5.91 Å². The van der Waals surface area contributed by atoms with E-state index in [0.29, 0.717) is 5.82 Å². The maximum Gasteiger partial charge on any atom is 0.271 e. The largest absolute Gasteiger partial charge is 0.368 e. The molecular formula is C16H17N7O2. The molecule has 2 aromatic heterocycles. The third-order valence-corrected chi connectivity index (χ3v) is 3.63. The lowest BCUT2D eigenvalue weighted by Crippen LogP contribution is -2.23. The quantitative estimate of drug-likeness (QED) is 0.521. The van der Waals surface area contributed by atoms with Gasteiger partial charge in [0, 0.05) is 29.8 Å². The van der Waals surface area contributed by atoms with Crippen LogP contribution in [0.25, 0.3) is 10.9 Å². The number of carbonyl (C=O) groups excluding carboxylic acids is 2. The van der Waals surface area contributed by atoms with Crippen LogP contribution in [0, 0.1) is 0 Å². The highest BCUT2D eigenvalue weighted by molar-refractivity contribution is 5.99. The number of primary amides is 2. The number of aryl methyl sites for hydroxylation is 1. The standard InChI is InChI=1S/C16H17N7O2/c1-23-6-5-9-10(3-2-4-11(9)23)21-16-14(15(18)25)20-8-13(22-16)19-7-12(17)24/h2-6,8H,7H2,1H3,(H2,17,24)(H2,18,25)(H2,19,21,22). The number of hydrogen-bond acceptors (Lipinski definition) is 6. The Kier molecular flexibility index (Phi) is 4.21. The molecule has 2 amide bonds. The lowest BCUT2D eigenvalue weighted by Gasteiger charge is -2.12. The maximum atomic E-state index is 11.6. The molecule has 0 fully saturated rings. The summed E-state index contributed by atoms with van der Waals surface area (Å²) < 4.78 is 1.98. The molecule has 0 bridgehead atoms. The van der Waals surface area contributed by atoms with Gasteiger partial charge in [0.1, 0.15) is 5.82 Å². The average Bonchev–Trinajstić information content (AvgIpc) is 2.95. The Morgan fingerprint density at radius 3 is 2.76 bits per heavy atom. The van der Waals surface area contributed by atoms with E-state index in [9.17, 15) is 9.59 Å². The molecule has 0 saturated carbocycles. The van der Waals surface area contributed by atoms with Crippen molar-refractivity contribution >= 4 is 40.0 Å². The van der Waals surface area contributed by atoms with Crippen LogP contribution in [0.2, 0.25) is 0 Å². The van der Waals surface area contributed by atoms with Crippen molar-refractivity contribution < 1.29 is 9.59 Å². The van der Waals surface area contributed by atoms with Crippen LogP contribution in [0.5, 0.6) is 0 Å². The molecule has 0 spiro atoms. The van der Waals surface area contributed by atoms with E-state index in [1.165, 1.54) is 6.20 Å². The van der Waals surface area contributed by atoms with Crippen LogP contribution >= 0.6 is 0 Å². The smallest absolute Gasteiger partial charge is 0.271 e. The first-order valence-corrected chi connectivity index (χ1v) is 7.46. The summed E-state index contributed by atoms with van der Waals surface area (Å²) in [6.07, 6.45) is 3.25. The highest BCUT2D eigenvalue weighted by Gasteiger charge is 2.15. The Labute approximate surface area is 143 Å². The van der Waals surface area contributed by atoms with Crippen LogP contribution < -0.4 is 22.1 Å². The number of benzene rings is 1. The highest BCUT2D eigenvalue weighted by atomic mass is 16.1. The number of amides is 2. The lowest BCUT2D eigenvalue weighted by atomic mass is 10.2. The first kappa shape index (κ1) is 16.2. The summed E-state index contributed by atoms with van der Waals surface area (Å²) in [4.78, 5) is 30.8. The summed E-state index contributed by atoms with van der Waals surface area (Å²) in [6, 6.07) is 7.67. The number of nitrogens with zero attached hydrogens (tertiary/aromatic N) is 3. The van der Waals surface area contributed by atoms with Gasteiger partial charge >= 0.3 is 0 Å². The van der Waals surface area contributed by atoms with Crippen LogP contribution in [0.15, 0.2) is 36.7 Å². The van der Waals surface area contributed by atoms with E-state index in [1.807, 2.05) is 42.1 Å². The number of fused-ring (bicyclic) bond motifs is 1. The number of nitrogens with one attached hydrogen (secondary N) is 2. The number of nitrogens with two attached hydrogens (primary N) is 2. The zero-order valence-electron chi connectivity index (χ0n) is 13.5. The molecular weight excluding hydrogens is 322 g/mol. The van der Waals surface area contributed by atoms with Gasteiger partial charge in [-0.25, -0.2) is 9.97 Å². The third-order valence-electron chi connectivity index (χ3n) is 3.63. The van der Waals surface area contributed by atoms with E-state index in [4.69, 9.17) is 11.5 Å². The van der Waals surface area contributed by atoms with Gasteiger partial charge in [0.2, 0.25) is 5.91 Å². The van der Waals surface area contributed by atoms with Gasteiger partial charge in [-0.2, -0.15) is 0 Å². The topological polar surface area (TPSA) is 141 Å². The molecule has 6 N–H and O–H groups in total. The Balaban J connectivity index is 2.00. The molecule has 0 aliphatic heterocycles. The average molecular weight is 339 g/mol. The normalized spacial score (nSPS) is 10.6. The van der Waals surface area contributed by atoms with E-state index in [1.54, 1.807) is 0 Å². The third kappa shape index (κ3) is 3.34. The summed E-state index contributed by atoms with van der Waals surface area (Å²) in [5.74, 6) is -0.758. The van der Waals surface area contributed by atoms with Crippen LogP contribution in [-0.4, -0.2) is 32.9 Å². The van der Waals surface area contributed by atoms with Crippen LogP contribution in [-0.2, 0) is 11.8 Å². The van der Waals surface area contributed by atoms with Crippen LogP contribution in [0.1, 0.15) is 10.5 Å². The van der Waals surface area contributed by atoms with Gasteiger partial charge in [-0.1, -0.05) is 6.07 Å². The Morgan fingerprint density at radius 1 is 1.24 bits per heavy atom. The highest BCUT2D eigenvalue weighted by Crippen LogP contribution is 2.27. The molecule has 0 aliphatic rings. The van der Waals surface area contributed by atoms with Crippen molar-refractivity contribution in [2.75, 3.05) is 17.2 Å². The lowest BCUT2D eigenvalue weighted by molar-refractivity contribution is -0.116. The van der Waals surface area contributed by atoms with Gasteiger partial charge in [0.05, 0.1) is 12.7 Å². The Morgan fingerprint density at radius 2 is 2.04 bits per heavy atom. The molecule has 3 rings (SSSR count). The van der Waals surface area contributed by atoms with Crippen molar-refractivity contribution in [2.45, 2.75) is 0 Å². The second-order valence-corrected chi connectivity index (χ2v) is 5.43. The molecule has 0 radical (unpaired) electrons. The number of hydrogen-bond donors (Lipinski definition) is 4. The zero-order chi connectivity index (χ0) is 18.0. The molecule has 128 valence electrons. The van der Waals surface area contributed by atoms with E-state index in [2.05, 4.69) is 20.6 Å². The first-order chi connectivity index (χ1) is 12.0. The molecule has 0 aliphatic carbocycles. The van der Waals surface area contributed by atoms with Crippen molar-refractivity contribution in [3.8, 4) is 0 Å². The molecule has 2 heterocycles. The summed E-state index contributed by atoms with van der Waals surface area (Å²) >= 11 is 0. The molecule has 0 unspecified atom stereocenters. The fraction of sp³-hybridized carbons (Fsp3) is 0.125. The second kappa shape index (κ2) is 6.48. The second-order valence-electron chi connectivity index (χ2n) is 5.43. The molecule has 9 nitrogen and oxygen atoms in total. The van der Waals surface area contributed by atoms with Gasteiger partial charge in [-0.3, -0.25) is 9.59 Å².